The van der Waals surface area contributed by atoms with Gasteiger partial charge in [-0.05, 0) is 38.4 Å². The van der Waals surface area contributed by atoms with E-state index in [4.69, 9.17) is 0 Å². The Hall–Kier alpha value is -0.930. The predicted molar refractivity (Wildman–Crippen MR) is 75.6 cm³/mol. The molecule has 1 saturated heterocycles. The zero-order chi connectivity index (χ0) is 13.0. The molecule has 1 aromatic rings. The third-order valence-corrected chi connectivity index (χ3v) is 4.12. The SMILES string of the molecule is C[C@@H]1CN(C)[C@@H](C)C[C@@H]1NCCc1ccccn1. The van der Waals surface area contributed by atoms with Crippen LogP contribution in [0.4, 0.5) is 0 Å². The number of rotatable bonds is 4. The molecule has 0 unspecified atom stereocenters. The molecule has 3 heteroatoms. The predicted octanol–water partition coefficient (Wildman–Crippen LogP) is 1.94. The largest absolute Gasteiger partial charge is 0.313 e. The van der Waals surface area contributed by atoms with E-state index in [9.17, 15) is 0 Å². The molecule has 100 valence electrons. The Morgan fingerprint density at radius 3 is 2.94 bits per heavy atom. The molecule has 3 atom stereocenters. The van der Waals surface area contributed by atoms with Crippen molar-refractivity contribution in [3.8, 4) is 0 Å². The average Bonchev–Trinajstić information content (AvgIpc) is 2.37. The molecule has 3 nitrogen and oxygen atoms in total. The molecule has 1 aliphatic heterocycles. The second-order valence-electron chi connectivity index (χ2n) is 5.63. The summed E-state index contributed by atoms with van der Waals surface area (Å²) in [5.41, 5.74) is 1.18. The first kappa shape index (κ1) is 13.5. The summed E-state index contributed by atoms with van der Waals surface area (Å²) < 4.78 is 0. The Labute approximate surface area is 111 Å². The maximum atomic E-state index is 4.36. The number of nitrogens with one attached hydrogen (secondary N) is 1. The van der Waals surface area contributed by atoms with Crippen molar-refractivity contribution < 1.29 is 0 Å². The maximum Gasteiger partial charge on any atom is 0.0416 e. The molecule has 0 aromatic carbocycles. The number of piperidine rings is 1. The third kappa shape index (κ3) is 3.53. The first-order valence-corrected chi connectivity index (χ1v) is 7.00. The second-order valence-corrected chi connectivity index (χ2v) is 5.63. The number of aromatic nitrogens is 1. The quantitative estimate of drug-likeness (QED) is 0.881. The van der Waals surface area contributed by atoms with Crippen molar-refractivity contribution in [2.75, 3.05) is 20.1 Å². The van der Waals surface area contributed by atoms with E-state index in [-0.39, 0.29) is 0 Å². The monoisotopic (exact) mass is 247 g/mol. The Kier molecular flexibility index (Phi) is 4.72. The topological polar surface area (TPSA) is 28.2 Å². The van der Waals surface area contributed by atoms with Gasteiger partial charge in [-0.2, -0.15) is 0 Å². The van der Waals surface area contributed by atoms with Crippen LogP contribution in [0.3, 0.4) is 0 Å². The van der Waals surface area contributed by atoms with Gasteiger partial charge in [-0.25, -0.2) is 0 Å². The molecule has 1 aromatic heterocycles. The highest BCUT2D eigenvalue weighted by Gasteiger charge is 2.28. The minimum absolute atomic E-state index is 0.653. The van der Waals surface area contributed by atoms with Gasteiger partial charge in [0.2, 0.25) is 0 Å². The standard InChI is InChI=1S/C15H25N3/c1-12-11-18(3)13(2)10-15(12)17-9-7-14-6-4-5-8-16-14/h4-6,8,12-13,15,17H,7,9-11H2,1-3H3/t12-,13+,15+/m1/s1. The van der Waals surface area contributed by atoms with Crippen LogP contribution >= 0.6 is 0 Å². The van der Waals surface area contributed by atoms with Gasteiger partial charge in [-0.3, -0.25) is 4.98 Å². The Balaban J connectivity index is 1.76. The average molecular weight is 247 g/mol. The zero-order valence-electron chi connectivity index (χ0n) is 11.8. The summed E-state index contributed by atoms with van der Waals surface area (Å²) in [6.07, 6.45) is 4.14. The maximum absolute atomic E-state index is 4.36. The van der Waals surface area contributed by atoms with Gasteiger partial charge in [-0.15, -0.1) is 0 Å². The second kappa shape index (κ2) is 6.30. The molecule has 0 saturated carbocycles. The van der Waals surface area contributed by atoms with Gasteiger partial charge in [0, 0.05) is 43.5 Å². The first-order valence-electron chi connectivity index (χ1n) is 7.00. The van der Waals surface area contributed by atoms with Gasteiger partial charge in [0.05, 0.1) is 0 Å². The van der Waals surface area contributed by atoms with Gasteiger partial charge in [0.1, 0.15) is 0 Å². The molecular formula is C15H25N3. The van der Waals surface area contributed by atoms with Crippen molar-refractivity contribution in [3.05, 3.63) is 30.1 Å². The molecular weight excluding hydrogens is 222 g/mol. The molecule has 0 bridgehead atoms. The van der Waals surface area contributed by atoms with E-state index in [2.05, 4.69) is 48.2 Å². The minimum Gasteiger partial charge on any atom is -0.313 e. The van der Waals surface area contributed by atoms with Crippen molar-refractivity contribution in [1.82, 2.24) is 15.2 Å². The van der Waals surface area contributed by atoms with Crippen molar-refractivity contribution in [3.63, 3.8) is 0 Å². The van der Waals surface area contributed by atoms with Crippen LogP contribution in [0.25, 0.3) is 0 Å². The van der Waals surface area contributed by atoms with E-state index in [1.54, 1.807) is 0 Å². The summed E-state index contributed by atoms with van der Waals surface area (Å²) in [7, 11) is 2.23. The van der Waals surface area contributed by atoms with Crippen LogP contribution in [0.15, 0.2) is 24.4 Å². The Bertz CT molecular complexity index is 352. The van der Waals surface area contributed by atoms with Crippen LogP contribution in [-0.4, -0.2) is 42.1 Å². The lowest BCUT2D eigenvalue weighted by molar-refractivity contribution is 0.122. The number of hydrogen-bond donors (Lipinski definition) is 1. The van der Waals surface area contributed by atoms with E-state index in [1.165, 1.54) is 18.7 Å². The van der Waals surface area contributed by atoms with Crippen molar-refractivity contribution in [2.45, 2.75) is 38.8 Å². The van der Waals surface area contributed by atoms with Crippen LogP contribution in [0.1, 0.15) is 26.0 Å². The lowest BCUT2D eigenvalue weighted by atomic mass is 9.90. The molecule has 1 aliphatic rings. The molecule has 1 N–H and O–H groups in total. The molecule has 0 radical (unpaired) electrons. The van der Waals surface area contributed by atoms with Gasteiger partial charge >= 0.3 is 0 Å². The molecule has 2 heterocycles. The summed E-state index contributed by atoms with van der Waals surface area (Å²) in [5, 5.41) is 3.70. The number of pyridine rings is 1. The number of nitrogens with zero attached hydrogens (tertiary/aromatic N) is 2. The van der Waals surface area contributed by atoms with E-state index >= 15 is 0 Å². The number of hydrogen-bond acceptors (Lipinski definition) is 3. The van der Waals surface area contributed by atoms with Gasteiger partial charge in [0.15, 0.2) is 0 Å². The minimum atomic E-state index is 0.653. The van der Waals surface area contributed by atoms with E-state index < -0.39 is 0 Å². The van der Waals surface area contributed by atoms with Crippen LogP contribution < -0.4 is 5.32 Å². The zero-order valence-corrected chi connectivity index (χ0v) is 11.8. The number of likely N-dealkylation sites (tertiary alicyclic amines) is 1. The van der Waals surface area contributed by atoms with Gasteiger partial charge in [-0.1, -0.05) is 13.0 Å². The van der Waals surface area contributed by atoms with Crippen LogP contribution in [0.5, 0.6) is 0 Å². The Morgan fingerprint density at radius 1 is 1.39 bits per heavy atom. The van der Waals surface area contributed by atoms with Crippen LogP contribution in [-0.2, 0) is 6.42 Å². The van der Waals surface area contributed by atoms with Crippen molar-refractivity contribution in [2.24, 2.45) is 5.92 Å². The highest BCUT2D eigenvalue weighted by atomic mass is 15.2. The Morgan fingerprint density at radius 2 is 2.22 bits per heavy atom. The summed E-state index contributed by atoms with van der Waals surface area (Å²) in [4.78, 5) is 6.82. The lowest BCUT2D eigenvalue weighted by Gasteiger charge is -2.40. The molecule has 0 spiro atoms. The summed E-state index contributed by atoms with van der Waals surface area (Å²) >= 11 is 0. The van der Waals surface area contributed by atoms with E-state index in [1.807, 2.05) is 12.3 Å². The van der Waals surface area contributed by atoms with Gasteiger partial charge < -0.3 is 10.2 Å². The summed E-state index contributed by atoms with van der Waals surface area (Å²) in [5.74, 6) is 0.731. The van der Waals surface area contributed by atoms with E-state index in [0.29, 0.717) is 12.1 Å². The summed E-state index contributed by atoms with van der Waals surface area (Å²) in [6, 6.07) is 7.47. The highest BCUT2D eigenvalue weighted by molar-refractivity contribution is 5.03. The summed E-state index contributed by atoms with van der Waals surface area (Å²) in [6.45, 7) is 6.89. The van der Waals surface area contributed by atoms with Gasteiger partial charge in [0.25, 0.3) is 0 Å². The fourth-order valence-corrected chi connectivity index (χ4v) is 2.76. The fraction of sp³-hybridized carbons (Fsp3) is 0.667. The fourth-order valence-electron chi connectivity index (χ4n) is 2.76. The highest BCUT2D eigenvalue weighted by Crippen LogP contribution is 2.20. The lowest BCUT2D eigenvalue weighted by Crippen LogP contribution is -2.51. The normalized spacial score (nSPS) is 29.4. The third-order valence-electron chi connectivity index (χ3n) is 4.12. The molecule has 18 heavy (non-hydrogen) atoms. The van der Waals surface area contributed by atoms with Crippen molar-refractivity contribution >= 4 is 0 Å². The van der Waals surface area contributed by atoms with Crippen LogP contribution in [0, 0.1) is 5.92 Å². The van der Waals surface area contributed by atoms with Crippen LogP contribution in [0.2, 0.25) is 0 Å². The molecule has 0 aliphatic carbocycles. The molecule has 2 rings (SSSR count). The molecule has 0 amide bonds. The first-order chi connectivity index (χ1) is 8.66. The smallest absolute Gasteiger partial charge is 0.0416 e. The van der Waals surface area contributed by atoms with E-state index in [0.717, 1.165) is 18.9 Å². The van der Waals surface area contributed by atoms with Crippen molar-refractivity contribution in [1.29, 1.82) is 0 Å². The molecule has 1 fully saturated rings.